The van der Waals surface area contributed by atoms with Gasteiger partial charge < -0.3 is 5.32 Å². The maximum atomic E-state index is 3.17. The maximum absolute atomic E-state index is 3.17. The van der Waals surface area contributed by atoms with Gasteiger partial charge in [-0.2, -0.15) is 0 Å². The molecule has 0 rings (SSSR count). The largest absolute Gasteiger partial charge is 0.320 e. The molecule has 1 unspecified atom stereocenters. The molecule has 0 aromatic carbocycles. The number of allylic oxidation sites excluding steroid dienone is 4. The molecule has 0 amide bonds. The minimum Gasteiger partial charge on any atom is -0.320 e. The van der Waals surface area contributed by atoms with Gasteiger partial charge in [0.05, 0.1) is 0 Å². The summed E-state index contributed by atoms with van der Waals surface area (Å²) in [6, 6.07) is 0. The highest BCUT2D eigenvalue weighted by Gasteiger charge is 2.03. The van der Waals surface area contributed by atoms with Crippen LogP contribution in [0, 0.1) is 5.92 Å². The fourth-order valence-electron chi connectivity index (χ4n) is 1.26. The molecule has 0 bridgehead atoms. The van der Waals surface area contributed by atoms with Crippen molar-refractivity contribution in [1.29, 1.82) is 0 Å². The van der Waals surface area contributed by atoms with Crippen LogP contribution in [0.3, 0.4) is 0 Å². The topological polar surface area (TPSA) is 12.0 Å². The van der Waals surface area contributed by atoms with Crippen molar-refractivity contribution in [3.05, 3.63) is 23.8 Å². The van der Waals surface area contributed by atoms with E-state index in [0.717, 1.165) is 6.54 Å². The summed E-state index contributed by atoms with van der Waals surface area (Å²) in [5.41, 5.74) is 1.44. The molecule has 1 atom stereocenters. The second-order valence-electron chi connectivity index (χ2n) is 3.08. The first-order valence-electron chi connectivity index (χ1n) is 4.69. The van der Waals surface area contributed by atoms with E-state index in [1.165, 1.54) is 12.0 Å². The fourth-order valence-corrected chi connectivity index (χ4v) is 1.26. The minimum absolute atomic E-state index is 0.665. The molecule has 0 aromatic rings. The first-order valence-corrected chi connectivity index (χ1v) is 4.69. The molecule has 0 aromatic heterocycles. The van der Waals surface area contributed by atoms with Crippen LogP contribution < -0.4 is 5.32 Å². The van der Waals surface area contributed by atoms with Crippen molar-refractivity contribution < 1.29 is 0 Å². The third-order valence-electron chi connectivity index (χ3n) is 2.09. The zero-order valence-corrected chi connectivity index (χ0v) is 8.72. The Kier molecular flexibility index (Phi) is 6.78. The predicted molar refractivity (Wildman–Crippen MR) is 56.3 cm³/mol. The normalized spacial score (nSPS) is 15.5. The predicted octanol–water partition coefficient (Wildman–Crippen LogP) is 2.75. The van der Waals surface area contributed by atoms with Crippen LogP contribution in [0.2, 0.25) is 0 Å². The van der Waals surface area contributed by atoms with Gasteiger partial charge >= 0.3 is 0 Å². The Balaban J connectivity index is 3.95. The van der Waals surface area contributed by atoms with Gasteiger partial charge in [-0.3, -0.25) is 0 Å². The number of rotatable bonds is 5. The van der Waals surface area contributed by atoms with E-state index in [2.05, 4.69) is 44.3 Å². The molecule has 0 aliphatic rings. The van der Waals surface area contributed by atoms with Crippen LogP contribution in [0.15, 0.2) is 23.8 Å². The summed E-state index contributed by atoms with van der Waals surface area (Å²) < 4.78 is 0. The van der Waals surface area contributed by atoms with Crippen LogP contribution in [0.25, 0.3) is 0 Å². The van der Waals surface area contributed by atoms with E-state index in [-0.39, 0.29) is 0 Å². The average molecular weight is 167 g/mol. The molecule has 70 valence electrons. The molecular weight excluding hydrogens is 146 g/mol. The lowest BCUT2D eigenvalue weighted by molar-refractivity contribution is 0.593. The van der Waals surface area contributed by atoms with Gasteiger partial charge in [-0.25, -0.2) is 0 Å². The van der Waals surface area contributed by atoms with Gasteiger partial charge in [0.15, 0.2) is 0 Å². The Morgan fingerprint density at radius 3 is 2.50 bits per heavy atom. The number of hydrogen-bond donors (Lipinski definition) is 1. The van der Waals surface area contributed by atoms with Crippen LogP contribution in [-0.4, -0.2) is 13.6 Å². The first-order chi connectivity index (χ1) is 5.76. The molecule has 1 N–H and O–H groups in total. The van der Waals surface area contributed by atoms with Gasteiger partial charge in [-0.1, -0.05) is 25.2 Å². The van der Waals surface area contributed by atoms with Crippen molar-refractivity contribution in [2.75, 3.05) is 13.6 Å². The van der Waals surface area contributed by atoms with Crippen LogP contribution in [0.5, 0.6) is 0 Å². The monoisotopic (exact) mass is 167 g/mol. The second-order valence-corrected chi connectivity index (χ2v) is 3.08. The van der Waals surface area contributed by atoms with Crippen LogP contribution in [0.1, 0.15) is 27.2 Å². The van der Waals surface area contributed by atoms with Gasteiger partial charge in [0.2, 0.25) is 0 Å². The second kappa shape index (κ2) is 7.11. The molecule has 0 aliphatic heterocycles. The molecule has 0 spiro atoms. The summed E-state index contributed by atoms with van der Waals surface area (Å²) >= 11 is 0. The zero-order valence-electron chi connectivity index (χ0n) is 8.72. The van der Waals surface area contributed by atoms with Crippen molar-refractivity contribution >= 4 is 0 Å². The highest BCUT2D eigenvalue weighted by Crippen LogP contribution is 2.14. The summed E-state index contributed by atoms with van der Waals surface area (Å²) in [6.45, 7) is 7.53. The lowest BCUT2D eigenvalue weighted by Gasteiger charge is -2.11. The van der Waals surface area contributed by atoms with Gasteiger partial charge in [0.1, 0.15) is 0 Å². The SMILES string of the molecule is C/C=C\C(=C/C)C(C)CCNC. The average Bonchev–Trinajstić information content (AvgIpc) is 2.10. The summed E-state index contributed by atoms with van der Waals surface area (Å²) in [5, 5.41) is 3.17. The molecular formula is C11H21N. The molecule has 0 heterocycles. The number of nitrogens with one attached hydrogen (secondary N) is 1. The lowest BCUT2D eigenvalue weighted by atomic mass is 9.97. The molecule has 12 heavy (non-hydrogen) atoms. The lowest BCUT2D eigenvalue weighted by Crippen LogP contribution is -2.12. The van der Waals surface area contributed by atoms with Crippen molar-refractivity contribution in [3.63, 3.8) is 0 Å². The summed E-state index contributed by atoms with van der Waals surface area (Å²) in [4.78, 5) is 0. The van der Waals surface area contributed by atoms with Crippen molar-refractivity contribution in [1.82, 2.24) is 5.32 Å². The van der Waals surface area contributed by atoms with Crippen molar-refractivity contribution in [2.24, 2.45) is 5.92 Å². The zero-order chi connectivity index (χ0) is 9.40. The smallest absolute Gasteiger partial charge is 0.00462 e. The molecule has 0 saturated carbocycles. The standard InChI is InChI=1S/C11H21N/c1-5-7-11(6-2)10(3)8-9-12-4/h5-7,10,12H,8-9H2,1-4H3/b7-5-,11-6+. The van der Waals surface area contributed by atoms with Crippen LogP contribution >= 0.6 is 0 Å². The van der Waals surface area contributed by atoms with Crippen LogP contribution in [-0.2, 0) is 0 Å². The van der Waals surface area contributed by atoms with Gasteiger partial charge in [0, 0.05) is 0 Å². The third-order valence-corrected chi connectivity index (χ3v) is 2.09. The van der Waals surface area contributed by atoms with Crippen molar-refractivity contribution in [3.8, 4) is 0 Å². The van der Waals surface area contributed by atoms with Gasteiger partial charge in [0.25, 0.3) is 0 Å². The van der Waals surface area contributed by atoms with Crippen molar-refractivity contribution in [2.45, 2.75) is 27.2 Å². The molecule has 0 fully saturated rings. The van der Waals surface area contributed by atoms with E-state index in [1.807, 2.05) is 7.05 Å². The van der Waals surface area contributed by atoms with E-state index in [0.29, 0.717) is 5.92 Å². The van der Waals surface area contributed by atoms with E-state index in [9.17, 15) is 0 Å². The summed E-state index contributed by atoms with van der Waals surface area (Å²) in [5.74, 6) is 0.665. The maximum Gasteiger partial charge on any atom is -0.00462 e. The molecule has 1 heteroatoms. The van der Waals surface area contributed by atoms with Gasteiger partial charge in [-0.15, -0.1) is 0 Å². The van der Waals surface area contributed by atoms with E-state index < -0.39 is 0 Å². The molecule has 1 nitrogen and oxygen atoms in total. The van der Waals surface area contributed by atoms with Gasteiger partial charge in [-0.05, 0) is 45.4 Å². The summed E-state index contributed by atoms with van der Waals surface area (Å²) in [7, 11) is 2.00. The highest BCUT2D eigenvalue weighted by atomic mass is 14.8. The Morgan fingerprint density at radius 1 is 1.42 bits per heavy atom. The van der Waals surface area contributed by atoms with E-state index in [1.54, 1.807) is 0 Å². The highest BCUT2D eigenvalue weighted by molar-refractivity contribution is 5.19. The molecule has 0 radical (unpaired) electrons. The van der Waals surface area contributed by atoms with E-state index in [4.69, 9.17) is 0 Å². The molecule has 0 aliphatic carbocycles. The number of hydrogen-bond acceptors (Lipinski definition) is 1. The first kappa shape index (κ1) is 11.4. The third kappa shape index (κ3) is 4.35. The van der Waals surface area contributed by atoms with Crippen LogP contribution in [0.4, 0.5) is 0 Å². The molecule has 0 saturated heterocycles. The summed E-state index contributed by atoms with van der Waals surface area (Å²) in [6.07, 6.45) is 7.70. The Morgan fingerprint density at radius 2 is 2.08 bits per heavy atom. The quantitative estimate of drug-likeness (QED) is 0.621. The Bertz CT molecular complexity index is 156. The fraction of sp³-hybridized carbons (Fsp3) is 0.636. The Hall–Kier alpha value is -0.560. The Labute approximate surface area is 76.6 Å². The minimum atomic E-state index is 0.665. The van der Waals surface area contributed by atoms with E-state index >= 15 is 0 Å².